The lowest BCUT2D eigenvalue weighted by Gasteiger charge is -2.10. The molecule has 0 aliphatic heterocycles. The Morgan fingerprint density at radius 2 is 1.79 bits per heavy atom. The average molecular weight is 375 g/mol. The Hall–Kier alpha value is -4.00. The summed E-state index contributed by atoms with van der Waals surface area (Å²) in [6.45, 7) is 0. The maximum atomic E-state index is 12.2. The minimum Gasteiger partial charge on any atom is -0.493 e. The number of pyridine rings is 1. The standard InChI is InChI=1S/C21H17N3O4/c1-27-19-12-15(13-23-24-20(25)17-8-5-11-22-14-17)9-10-18(19)28-21(26)16-6-3-2-4-7-16/h2-14H,1H3,(H,24,25)/b23-13-. The van der Waals surface area contributed by atoms with Crippen molar-refractivity contribution in [3.63, 3.8) is 0 Å². The monoisotopic (exact) mass is 375 g/mol. The van der Waals surface area contributed by atoms with Crippen molar-refractivity contribution < 1.29 is 19.1 Å². The Bertz CT molecular complexity index is 989. The molecule has 0 fully saturated rings. The predicted molar refractivity (Wildman–Crippen MR) is 104 cm³/mol. The zero-order valence-electron chi connectivity index (χ0n) is 15.0. The number of carbonyl (C=O) groups is 2. The summed E-state index contributed by atoms with van der Waals surface area (Å²) in [5.74, 6) is -0.200. The van der Waals surface area contributed by atoms with E-state index in [2.05, 4.69) is 15.5 Å². The summed E-state index contributed by atoms with van der Waals surface area (Å²) in [5, 5.41) is 3.92. The van der Waals surface area contributed by atoms with Gasteiger partial charge in [0.25, 0.3) is 5.91 Å². The molecule has 0 atom stereocenters. The number of nitrogens with zero attached hydrogens (tertiary/aromatic N) is 2. The van der Waals surface area contributed by atoms with Crippen molar-refractivity contribution in [3.8, 4) is 11.5 Å². The first-order valence-corrected chi connectivity index (χ1v) is 8.36. The second-order valence-electron chi connectivity index (χ2n) is 5.61. The van der Waals surface area contributed by atoms with Gasteiger partial charge in [0.1, 0.15) is 0 Å². The Labute approximate surface area is 161 Å². The van der Waals surface area contributed by atoms with Crippen LogP contribution >= 0.6 is 0 Å². The van der Waals surface area contributed by atoms with Crippen LogP contribution in [0.15, 0.2) is 78.2 Å². The largest absolute Gasteiger partial charge is 0.493 e. The van der Waals surface area contributed by atoms with Gasteiger partial charge in [-0.25, -0.2) is 10.2 Å². The van der Waals surface area contributed by atoms with Crippen molar-refractivity contribution in [3.05, 3.63) is 89.7 Å². The van der Waals surface area contributed by atoms with Gasteiger partial charge < -0.3 is 9.47 Å². The Kier molecular flexibility index (Phi) is 6.10. The van der Waals surface area contributed by atoms with E-state index in [-0.39, 0.29) is 11.7 Å². The number of carbonyl (C=O) groups excluding carboxylic acids is 2. The normalized spacial score (nSPS) is 10.5. The van der Waals surface area contributed by atoms with E-state index in [1.165, 1.54) is 19.5 Å². The van der Waals surface area contributed by atoms with Gasteiger partial charge in [-0.05, 0) is 48.0 Å². The van der Waals surface area contributed by atoms with Gasteiger partial charge in [0, 0.05) is 12.4 Å². The molecule has 2 aromatic carbocycles. The van der Waals surface area contributed by atoms with E-state index in [9.17, 15) is 9.59 Å². The number of methoxy groups -OCH3 is 1. The first-order valence-electron chi connectivity index (χ1n) is 8.36. The highest BCUT2D eigenvalue weighted by Crippen LogP contribution is 2.28. The summed E-state index contributed by atoms with van der Waals surface area (Å²) < 4.78 is 10.7. The van der Waals surface area contributed by atoms with Gasteiger partial charge in [0.15, 0.2) is 11.5 Å². The molecule has 1 amide bonds. The maximum absolute atomic E-state index is 12.2. The molecule has 7 heteroatoms. The minimum absolute atomic E-state index is 0.285. The van der Waals surface area contributed by atoms with Crippen LogP contribution in [0.3, 0.4) is 0 Å². The summed E-state index contributed by atoms with van der Waals surface area (Å²) in [6.07, 6.45) is 4.49. The second-order valence-corrected chi connectivity index (χ2v) is 5.61. The molecule has 0 spiro atoms. The van der Waals surface area contributed by atoms with Crippen LogP contribution in [0.5, 0.6) is 11.5 Å². The van der Waals surface area contributed by atoms with E-state index in [0.29, 0.717) is 22.4 Å². The molecule has 0 aliphatic rings. The first kappa shape index (κ1) is 18.8. The van der Waals surface area contributed by atoms with Gasteiger partial charge in [-0.2, -0.15) is 5.10 Å². The summed E-state index contributed by atoms with van der Waals surface area (Å²) in [7, 11) is 1.47. The number of nitrogens with one attached hydrogen (secondary N) is 1. The van der Waals surface area contributed by atoms with Crippen molar-refractivity contribution in [2.45, 2.75) is 0 Å². The molecule has 0 saturated heterocycles. The zero-order chi connectivity index (χ0) is 19.8. The summed E-state index contributed by atoms with van der Waals surface area (Å²) in [4.78, 5) is 28.0. The fraction of sp³-hybridized carbons (Fsp3) is 0.0476. The molecule has 1 N–H and O–H groups in total. The highest BCUT2D eigenvalue weighted by Gasteiger charge is 2.12. The number of esters is 1. The highest BCUT2D eigenvalue weighted by molar-refractivity contribution is 5.94. The fourth-order valence-electron chi connectivity index (χ4n) is 2.31. The van der Waals surface area contributed by atoms with E-state index in [1.807, 2.05) is 6.07 Å². The quantitative estimate of drug-likeness (QED) is 0.309. The molecule has 0 radical (unpaired) electrons. The molecule has 140 valence electrons. The highest BCUT2D eigenvalue weighted by atomic mass is 16.6. The number of aromatic nitrogens is 1. The number of hydrogen-bond acceptors (Lipinski definition) is 6. The number of hydrogen-bond donors (Lipinski definition) is 1. The number of benzene rings is 2. The van der Waals surface area contributed by atoms with Crippen LogP contribution in [0.4, 0.5) is 0 Å². The molecule has 1 heterocycles. The van der Waals surface area contributed by atoms with E-state index in [0.717, 1.165) is 0 Å². The molecule has 0 bridgehead atoms. The topological polar surface area (TPSA) is 89.9 Å². The zero-order valence-corrected chi connectivity index (χ0v) is 15.0. The molecule has 0 unspecified atom stereocenters. The summed E-state index contributed by atoms with van der Waals surface area (Å²) >= 11 is 0. The SMILES string of the molecule is COc1cc(/C=N\NC(=O)c2cccnc2)ccc1OC(=O)c1ccccc1. The third kappa shape index (κ3) is 4.79. The average Bonchev–Trinajstić information content (AvgIpc) is 2.75. The van der Waals surface area contributed by atoms with E-state index in [1.54, 1.807) is 60.8 Å². The van der Waals surface area contributed by atoms with Gasteiger partial charge in [-0.15, -0.1) is 0 Å². The summed E-state index contributed by atoms with van der Waals surface area (Å²) in [5.41, 5.74) is 3.91. The van der Waals surface area contributed by atoms with Crippen molar-refractivity contribution in [2.24, 2.45) is 5.10 Å². The molecule has 0 saturated carbocycles. The maximum Gasteiger partial charge on any atom is 0.343 e. The number of rotatable bonds is 6. The van der Waals surface area contributed by atoms with E-state index in [4.69, 9.17) is 9.47 Å². The fourth-order valence-corrected chi connectivity index (χ4v) is 2.31. The third-order valence-electron chi connectivity index (χ3n) is 3.70. The Morgan fingerprint density at radius 3 is 2.50 bits per heavy atom. The van der Waals surface area contributed by atoms with Crippen molar-refractivity contribution in [1.82, 2.24) is 10.4 Å². The van der Waals surface area contributed by atoms with E-state index >= 15 is 0 Å². The van der Waals surface area contributed by atoms with Crippen molar-refractivity contribution >= 4 is 18.1 Å². The van der Waals surface area contributed by atoms with Gasteiger partial charge >= 0.3 is 5.97 Å². The van der Waals surface area contributed by atoms with Crippen LogP contribution in [-0.2, 0) is 0 Å². The lowest BCUT2D eigenvalue weighted by Crippen LogP contribution is -2.17. The van der Waals surface area contributed by atoms with Gasteiger partial charge in [0.2, 0.25) is 0 Å². The molecule has 7 nitrogen and oxygen atoms in total. The van der Waals surface area contributed by atoms with Crippen molar-refractivity contribution in [2.75, 3.05) is 7.11 Å². The molecule has 1 aromatic heterocycles. The van der Waals surface area contributed by atoms with Gasteiger partial charge in [-0.1, -0.05) is 18.2 Å². The minimum atomic E-state index is -0.482. The molecule has 3 aromatic rings. The van der Waals surface area contributed by atoms with Crippen LogP contribution in [-0.4, -0.2) is 30.2 Å². The lowest BCUT2D eigenvalue weighted by molar-refractivity contribution is 0.0729. The van der Waals surface area contributed by atoms with Crippen LogP contribution in [0, 0.1) is 0 Å². The number of hydrazone groups is 1. The number of amides is 1. The Balaban J connectivity index is 1.67. The first-order chi connectivity index (χ1) is 13.7. The summed E-state index contributed by atoms with van der Waals surface area (Å²) in [6, 6.07) is 16.9. The second kappa shape index (κ2) is 9.09. The Morgan fingerprint density at radius 1 is 1.00 bits per heavy atom. The smallest absolute Gasteiger partial charge is 0.343 e. The lowest BCUT2D eigenvalue weighted by atomic mass is 10.2. The van der Waals surface area contributed by atoms with Crippen LogP contribution in [0.2, 0.25) is 0 Å². The predicted octanol–water partition coefficient (Wildman–Crippen LogP) is 3.07. The van der Waals surface area contributed by atoms with Crippen LogP contribution in [0.1, 0.15) is 26.3 Å². The van der Waals surface area contributed by atoms with Gasteiger partial charge in [-0.3, -0.25) is 9.78 Å². The molecule has 3 rings (SSSR count). The number of ether oxygens (including phenoxy) is 2. The van der Waals surface area contributed by atoms with E-state index < -0.39 is 5.97 Å². The molecule has 28 heavy (non-hydrogen) atoms. The molecule has 0 aliphatic carbocycles. The van der Waals surface area contributed by atoms with Crippen molar-refractivity contribution in [1.29, 1.82) is 0 Å². The van der Waals surface area contributed by atoms with Crippen LogP contribution in [0.25, 0.3) is 0 Å². The molecular weight excluding hydrogens is 358 g/mol. The third-order valence-corrected chi connectivity index (χ3v) is 3.70. The molecular formula is C21H17N3O4. The van der Waals surface area contributed by atoms with Gasteiger partial charge in [0.05, 0.1) is 24.5 Å². The van der Waals surface area contributed by atoms with Crippen LogP contribution < -0.4 is 14.9 Å².